The zero-order valence-electron chi connectivity index (χ0n) is 6.51. The van der Waals surface area contributed by atoms with Gasteiger partial charge in [-0.1, -0.05) is 6.92 Å². The Morgan fingerprint density at radius 1 is 1.00 bits per heavy atom. The Balaban J connectivity index is 0. The fourth-order valence-corrected chi connectivity index (χ4v) is 0.0577. The Kier molecular flexibility index (Phi) is 11.9. The fourth-order valence-electron chi connectivity index (χ4n) is 0.0577. The molecule has 5 nitrogen and oxygen atoms in total. The monoisotopic (exact) mass is 168 g/mol. The molecule has 0 bridgehead atoms. The largest absolute Gasteiger partial charge is 0.394 e. The van der Waals surface area contributed by atoms with Crippen LogP contribution in [-0.2, 0) is 0 Å². The lowest BCUT2D eigenvalue weighted by Crippen LogP contribution is -2.15. The summed E-state index contributed by atoms with van der Waals surface area (Å²) in [6.07, 6.45) is -1.65. The molecule has 0 aromatic heterocycles. The van der Waals surface area contributed by atoms with Crippen molar-refractivity contribution >= 4 is 0 Å². The molecule has 0 aliphatic heterocycles. The van der Waals surface area contributed by atoms with Crippen LogP contribution in [0.3, 0.4) is 0 Å². The molecule has 0 amide bonds. The van der Waals surface area contributed by atoms with Crippen molar-refractivity contribution in [1.82, 2.24) is 0 Å². The average molecular weight is 168 g/mol. The van der Waals surface area contributed by atoms with E-state index in [1.165, 1.54) is 0 Å². The van der Waals surface area contributed by atoms with Crippen LogP contribution in [0.2, 0.25) is 0 Å². The van der Waals surface area contributed by atoms with Crippen LogP contribution in [-0.4, -0.2) is 51.1 Å². The molecule has 0 aliphatic carbocycles. The van der Waals surface area contributed by atoms with Crippen LogP contribution < -0.4 is 0 Å². The summed E-state index contributed by atoms with van der Waals surface area (Å²) in [4.78, 5) is 0. The maximum Gasteiger partial charge on any atom is 0.151 e. The van der Waals surface area contributed by atoms with Crippen molar-refractivity contribution in [3.8, 4) is 0 Å². The molecule has 5 heteroatoms. The van der Waals surface area contributed by atoms with Gasteiger partial charge in [-0.05, 0) is 6.42 Å². The molecule has 11 heavy (non-hydrogen) atoms. The van der Waals surface area contributed by atoms with E-state index in [1.807, 2.05) is 0 Å². The highest BCUT2D eigenvalue weighted by Gasteiger charge is 1.93. The second kappa shape index (κ2) is 9.80. The molecule has 0 spiro atoms. The van der Waals surface area contributed by atoms with E-state index in [0.29, 0.717) is 6.42 Å². The average Bonchev–Trinajstić information content (AvgIpc) is 2.04. The Morgan fingerprint density at radius 3 is 1.27 bits per heavy atom. The van der Waals surface area contributed by atoms with Gasteiger partial charge in [-0.2, -0.15) is 0 Å². The van der Waals surface area contributed by atoms with Gasteiger partial charge in [-0.3, -0.25) is 0 Å². The second-order valence-electron chi connectivity index (χ2n) is 1.91. The van der Waals surface area contributed by atoms with E-state index >= 15 is 0 Å². The molecule has 0 saturated heterocycles. The third-order valence-electron chi connectivity index (χ3n) is 0.787. The van der Waals surface area contributed by atoms with Crippen LogP contribution in [0.15, 0.2) is 0 Å². The SMILES string of the molecule is CCC(O)O.OCC(O)CO. The summed E-state index contributed by atoms with van der Waals surface area (Å²) in [5.41, 5.74) is 0. The van der Waals surface area contributed by atoms with E-state index in [9.17, 15) is 0 Å². The summed E-state index contributed by atoms with van der Waals surface area (Å²) >= 11 is 0. The molecule has 5 N–H and O–H groups in total. The Bertz CT molecular complexity index is 62.0. The van der Waals surface area contributed by atoms with Gasteiger partial charge in [-0.15, -0.1) is 0 Å². The fraction of sp³-hybridized carbons (Fsp3) is 1.00. The standard InChI is InChI=1S/C3H8O3.C3H8O2/c4-1-3(6)2-5;1-2-3(4)5/h3-6H,1-2H2;3-5H,2H2,1H3. The summed E-state index contributed by atoms with van der Waals surface area (Å²) in [6.45, 7) is 0.970. The van der Waals surface area contributed by atoms with Crippen LogP contribution in [0.1, 0.15) is 13.3 Å². The molecule has 0 atom stereocenters. The lowest BCUT2D eigenvalue weighted by Gasteiger charge is -1.96. The molecule has 0 aromatic rings. The number of aliphatic hydroxyl groups is 5. The molecule has 0 rings (SSSR count). The zero-order valence-corrected chi connectivity index (χ0v) is 6.51. The molecule has 0 aromatic carbocycles. The van der Waals surface area contributed by atoms with Gasteiger partial charge in [-0.25, -0.2) is 0 Å². The van der Waals surface area contributed by atoms with Crippen LogP contribution >= 0.6 is 0 Å². The molecule has 0 radical (unpaired) electrons. The minimum absolute atomic E-state index is 0.365. The highest BCUT2D eigenvalue weighted by molar-refractivity contribution is 4.43. The summed E-state index contributed by atoms with van der Waals surface area (Å²) in [5, 5.41) is 39.8. The molecule has 0 saturated carbocycles. The van der Waals surface area contributed by atoms with Gasteiger partial charge < -0.3 is 25.5 Å². The van der Waals surface area contributed by atoms with E-state index in [2.05, 4.69) is 0 Å². The number of hydrogen-bond donors (Lipinski definition) is 5. The number of aliphatic hydroxyl groups excluding tert-OH is 4. The first-order chi connectivity index (χ1) is 5.08. The van der Waals surface area contributed by atoms with Crippen LogP contribution in [0, 0.1) is 0 Å². The summed E-state index contributed by atoms with van der Waals surface area (Å²) in [6, 6.07) is 0. The predicted molar refractivity (Wildman–Crippen MR) is 38.7 cm³/mol. The van der Waals surface area contributed by atoms with Gasteiger partial charge in [0.25, 0.3) is 0 Å². The molecule has 0 fully saturated rings. The summed E-state index contributed by atoms with van der Waals surface area (Å²) in [5.74, 6) is 0. The van der Waals surface area contributed by atoms with Crippen molar-refractivity contribution in [2.75, 3.05) is 13.2 Å². The molecular weight excluding hydrogens is 152 g/mol. The first kappa shape index (κ1) is 13.4. The Hall–Kier alpha value is -0.200. The smallest absolute Gasteiger partial charge is 0.151 e. The normalized spacial score (nSPS) is 9.82. The maximum atomic E-state index is 8.17. The number of rotatable bonds is 3. The Morgan fingerprint density at radius 2 is 1.27 bits per heavy atom. The first-order valence-corrected chi connectivity index (χ1v) is 3.34. The van der Waals surface area contributed by atoms with E-state index in [4.69, 9.17) is 25.5 Å². The van der Waals surface area contributed by atoms with Crippen molar-refractivity contribution in [2.24, 2.45) is 0 Å². The van der Waals surface area contributed by atoms with Gasteiger partial charge >= 0.3 is 0 Å². The third-order valence-corrected chi connectivity index (χ3v) is 0.787. The molecule has 70 valence electrons. The van der Waals surface area contributed by atoms with E-state index in [1.54, 1.807) is 6.92 Å². The van der Waals surface area contributed by atoms with E-state index < -0.39 is 12.4 Å². The molecule has 0 unspecified atom stereocenters. The van der Waals surface area contributed by atoms with Gasteiger partial charge in [0, 0.05) is 0 Å². The lowest BCUT2D eigenvalue weighted by molar-refractivity contribution is -0.0413. The second-order valence-corrected chi connectivity index (χ2v) is 1.91. The Labute approximate surface area is 65.5 Å². The van der Waals surface area contributed by atoms with E-state index in [0.717, 1.165) is 0 Å². The van der Waals surface area contributed by atoms with Crippen LogP contribution in [0.5, 0.6) is 0 Å². The van der Waals surface area contributed by atoms with E-state index in [-0.39, 0.29) is 13.2 Å². The van der Waals surface area contributed by atoms with Crippen molar-refractivity contribution in [3.63, 3.8) is 0 Å². The summed E-state index contributed by atoms with van der Waals surface area (Å²) < 4.78 is 0. The number of hydrogen-bond acceptors (Lipinski definition) is 5. The highest BCUT2D eigenvalue weighted by Crippen LogP contribution is 1.77. The predicted octanol–water partition coefficient (Wildman–Crippen LogP) is -1.96. The van der Waals surface area contributed by atoms with Gasteiger partial charge in [0.2, 0.25) is 0 Å². The third kappa shape index (κ3) is 17.7. The first-order valence-electron chi connectivity index (χ1n) is 3.34. The quantitative estimate of drug-likeness (QED) is 0.315. The van der Waals surface area contributed by atoms with Crippen molar-refractivity contribution < 1.29 is 25.5 Å². The van der Waals surface area contributed by atoms with Crippen molar-refractivity contribution in [3.05, 3.63) is 0 Å². The molecule has 0 aliphatic rings. The lowest BCUT2D eigenvalue weighted by atomic mass is 10.4. The zero-order chi connectivity index (χ0) is 9.28. The van der Waals surface area contributed by atoms with Crippen molar-refractivity contribution in [2.45, 2.75) is 25.7 Å². The maximum absolute atomic E-state index is 8.17. The molecular formula is C6H16O5. The topological polar surface area (TPSA) is 101 Å². The highest BCUT2D eigenvalue weighted by atomic mass is 16.5. The summed E-state index contributed by atoms with van der Waals surface area (Å²) in [7, 11) is 0. The van der Waals surface area contributed by atoms with Crippen LogP contribution in [0.4, 0.5) is 0 Å². The minimum atomic E-state index is -1.12. The van der Waals surface area contributed by atoms with Crippen LogP contribution in [0.25, 0.3) is 0 Å². The molecule has 0 heterocycles. The van der Waals surface area contributed by atoms with Crippen molar-refractivity contribution in [1.29, 1.82) is 0 Å². The van der Waals surface area contributed by atoms with Gasteiger partial charge in [0.1, 0.15) is 6.10 Å². The van der Waals surface area contributed by atoms with Gasteiger partial charge in [0.15, 0.2) is 6.29 Å². The van der Waals surface area contributed by atoms with Gasteiger partial charge in [0.05, 0.1) is 13.2 Å². The minimum Gasteiger partial charge on any atom is -0.394 e.